The summed E-state index contributed by atoms with van der Waals surface area (Å²) in [6.07, 6.45) is -1.32. The van der Waals surface area contributed by atoms with Gasteiger partial charge in [0.2, 0.25) is 5.91 Å². The number of carbonyl (C=O) groups excluding carboxylic acids is 2. The number of carbonyl (C=O) groups is 3. The number of halogens is 1. The number of nitrogens with one attached hydrogen (secondary N) is 2. The van der Waals surface area contributed by atoms with Crippen LogP contribution in [0.5, 0.6) is 0 Å². The summed E-state index contributed by atoms with van der Waals surface area (Å²) >= 11 is 1.71. The molecule has 7 nitrogen and oxygen atoms in total. The lowest BCUT2D eigenvalue weighted by molar-refractivity contribution is -0.128. The van der Waals surface area contributed by atoms with Crippen LogP contribution < -0.4 is 16.4 Å². The lowest BCUT2D eigenvalue weighted by Crippen LogP contribution is -2.61. The summed E-state index contributed by atoms with van der Waals surface area (Å²) in [5.74, 6) is -1.30. The van der Waals surface area contributed by atoms with Crippen LogP contribution in [0.4, 0.5) is 4.79 Å². The maximum Gasteiger partial charge on any atom is 0.406 e. The van der Waals surface area contributed by atoms with Crippen LogP contribution in [0, 0.1) is 5.41 Å². The van der Waals surface area contributed by atoms with Crippen molar-refractivity contribution in [2.24, 2.45) is 11.1 Å². The van der Waals surface area contributed by atoms with Crippen LogP contribution in [0.15, 0.2) is 0 Å². The van der Waals surface area contributed by atoms with E-state index >= 15 is 0 Å². The number of amides is 3. The van der Waals surface area contributed by atoms with Gasteiger partial charge in [-0.15, -0.1) is 0 Å². The van der Waals surface area contributed by atoms with Crippen molar-refractivity contribution in [1.29, 1.82) is 0 Å². The number of nitrogens with two attached hydrogens (primary N) is 1. The third-order valence-corrected chi connectivity index (χ3v) is 4.43. The first kappa shape index (κ1) is 15.9. The Hall–Kier alpha value is -1.06. The highest BCUT2D eigenvalue weighted by molar-refractivity contribution is 14.1. The van der Waals surface area contributed by atoms with Gasteiger partial charge in [-0.25, -0.2) is 4.79 Å². The van der Waals surface area contributed by atoms with E-state index in [1.54, 1.807) is 43.4 Å². The van der Waals surface area contributed by atoms with E-state index < -0.39 is 26.9 Å². The van der Waals surface area contributed by atoms with Crippen molar-refractivity contribution in [3.05, 3.63) is 0 Å². The lowest BCUT2D eigenvalue weighted by atomic mass is 9.86. The van der Waals surface area contributed by atoms with Crippen molar-refractivity contribution in [2.45, 2.75) is 24.3 Å². The van der Waals surface area contributed by atoms with Crippen LogP contribution in [0.1, 0.15) is 20.8 Å². The summed E-state index contributed by atoms with van der Waals surface area (Å²) in [5.41, 5.74) is 4.23. The predicted molar refractivity (Wildman–Crippen MR) is 69.6 cm³/mol. The van der Waals surface area contributed by atoms with Crippen LogP contribution in [-0.4, -0.2) is 33.1 Å². The first-order chi connectivity index (χ1) is 7.50. The molecule has 0 unspecified atom stereocenters. The minimum Gasteiger partial charge on any atom is -0.465 e. The second-order valence-electron chi connectivity index (χ2n) is 4.49. The Balaban J connectivity index is 4.99. The van der Waals surface area contributed by atoms with Gasteiger partial charge in [0.05, 0.1) is 6.54 Å². The van der Waals surface area contributed by atoms with Gasteiger partial charge < -0.3 is 16.2 Å². The normalized spacial score (nSPS) is 14.6. The topological polar surface area (TPSA) is 122 Å². The molecule has 0 bridgehead atoms. The molecule has 98 valence electrons. The van der Waals surface area contributed by atoms with Crippen LogP contribution in [0.25, 0.3) is 0 Å². The molecule has 0 rings (SSSR count). The molecule has 5 N–H and O–H groups in total. The Morgan fingerprint density at radius 2 is 1.76 bits per heavy atom. The summed E-state index contributed by atoms with van der Waals surface area (Å²) in [7, 11) is 0. The average Bonchev–Trinajstić information content (AvgIpc) is 2.10. The van der Waals surface area contributed by atoms with Crippen molar-refractivity contribution < 1.29 is 19.5 Å². The Bertz CT molecular complexity index is 340. The van der Waals surface area contributed by atoms with Gasteiger partial charge in [-0.1, -0.05) is 20.8 Å². The van der Waals surface area contributed by atoms with Crippen molar-refractivity contribution in [3.8, 4) is 0 Å². The van der Waals surface area contributed by atoms with Crippen molar-refractivity contribution >= 4 is 40.5 Å². The van der Waals surface area contributed by atoms with Gasteiger partial charge in [0.25, 0.3) is 5.91 Å². The second kappa shape index (κ2) is 5.52. The van der Waals surface area contributed by atoms with Gasteiger partial charge >= 0.3 is 6.09 Å². The zero-order valence-electron chi connectivity index (χ0n) is 9.83. The van der Waals surface area contributed by atoms with Gasteiger partial charge in [-0.3, -0.25) is 14.9 Å². The quantitative estimate of drug-likeness (QED) is 0.322. The fraction of sp³-hybridized carbons (Fsp3) is 0.667. The fourth-order valence-electron chi connectivity index (χ4n) is 1.02. The predicted octanol–water partition coefficient (Wildman–Crippen LogP) is 0.0329. The second-order valence-corrected chi connectivity index (χ2v) is 6.11. The molecule has 0 radical (unpaired) electrons. The number of hydrogen-bond donors (Lipinski definition) is 4. The van der Waals surface area contributed by atoms with Crippen molar-refractivity contribution in [2.75, 3.05) is 6.54 Å². The molecule has 0 aliphatic heterocycles. The number of hydrogen-bond acceptors (Lipinski definition) is 3. The van der Waals surface area contributed by atoms with E-state index in [1.165, 1.54) is 0 Å². The van der Waals surface area contributed by atoms with Gasteiger partial charge in [-0.05, 0) is 22.6 Å². The van der Waals surface area contributed by atoms with Crippen LogP contribution in [-0.2, 0) is 9.59 Å². The van der Waals surface area contributed by atoms with Gasteiger partial charge in [0, 0.05) is 5.41 Å². The smallest absolute Gasteiger partial charge is 0.406 e. The van der Waals surface area contributed by atoms with Crippen molar-refractivity contribution in [3.63, 3.8) is 0 Å². The Kier molecular flexibility index (Phi) is 5.17. The maximum absolute atomic E-state index is 11.9. The Labute approximate surface area is 113 Å². The molecule has 17 heavy (non-hydrogen) atoms. The minimum atomic E-state index is -1.38. The summed E-state index contributed by atoms with van der Waals surface area (Å²) in [5, 5.41) is 13.2. The number of carboxylic acid groups (broad SMARTS) is 1. The molecule has 0 aromatic heterocycles. The molecule has 0 aliphatic rings. The van der Waals surface area contributed by atoms with E-state index in [1.807, 2.05) is 0 Å². The molecule has 0 saturated heterocycles. The number of alkyl halides is 1. The zero-order valence-corrected chi connectivity index (χ0v) is 12.0. The number of primary amides is 1. The highest BCUT2D eigenvalue weighted by atomic mass is 127. The van der Waals surface area contributed by atoms with E-state index in [-0.39, 0.29) is 6.54 Å². The molecule has 0 spiro atoms. The van der Waals surface area contributed by atoms with E-state index in [9.17, 15) is 14.4 Å². The van der Waals surface area contributed by atoms with Gasteiger partial charge in [0.1, 0.15) is 0 Å². The Morgan fingerprint density at radius 1 is 1.29 bits per heavy atom. The molecular formula is C9H16IN3O4. The molecule has 1 atom stereocenters. The SMILES string of the molecule is CC(C)(C)[C@@](I)(NC(=O)O)C(=O)NCC(N)=O. The standard InChI is InChI=1S/C9H16IN3O4/c1-8(2,3)9(10,13-7(16)17)6(15)12-4-5(11)14/h13H,4H2,1-3H3,(H2,11,14)(H,12,15)(H,16,17)/t9-/m0/s1. The van der Waals surface area contributed by atoms with Crippen molar-refractivity contribution in [1.82, 2.24) is 10.6 Å². The van der Waals surface area contributed by atoms with Gasteiger partial charge in [-0.2, -0.15) is 0 Å². The summed E-state index contributed by atoms with van der Waals surface area (Å²) in [6.45, 7) is 4.79. The largest absolute Gasteiger partial charge is 0.465 e. The summed E-state index contributed by atoms with van der Waals surface area (Å²) < 4.78 is -1.38. The van der Waals surface area contributed by atoms with E-state index in [4.69, 9.17) is 10.8 Å². The van der Waals surface area contributed by atoms with Gasteiger partial charge in [0.15, 0.2) is 3.55 Å². The Morgan fingerprint density at radius 3 is 2.06 bits per heavy atom. The minimum absolute atomic E-state index is 0.332. The maximum atomic E-state index is 11.9. The van der Waals surface area contributed by atoms with Crippen LogP contribution >= 0.6 is 22.6 Å². The molecule has 0 heterocycles. The average molecular weight is 357 g/mol. The van der Waals surface area contributed by atoms with E-state index in [0.29, 0.717) is 0 Å². The third-order valence-electron chi connectivity index (χ3n) is 2.05. The molecule has 0 aliphatic carbocycles. The summed E-state index contributed by atoms with van der Waals surface area (Å²) in [6, 6.07) is 0. The number of rotatable bonds is 4. The molecule has 0 saturated carbocycles. The fourth-order valence-corrected chi connectivity index (χ4v) is 1.44. The van der Waals surface area contributed by atoms with E-state index in [0.717, 1.165) is 0 Å². The third kappa shape index (κ3) is 4.36. The molecular weight excluding hydrogens is 341 g/mol. The van der Waals surface area contributed by atoms with E-state index in [2.05, 4.69) is 10.6 Å². The molecule has 0 aromatic rings. The summed E-state index contributed by atoms with van der Waals surface area (Å²) in [4.78, 5) is 33.2. The van der Waals surface area contributed by atoms with Crippen LogP contribution in [0.2, 0.25) is 0 Å². The molecule has 0 fully saturated rings. The molecule has 3 amide bonds. The van der Waals surface area contributed by atoms with Crippen LogP contribution in [0.3, 0.4) is 0 Å². The monoisotopic (exact) mass is 357 g/mol. The zero-order chi connectivity index (χ0) is 13.9. The highest BCUT2D eigenvalue weighted by Crippen LogP contribution is 2.36. The first-order valence-corrected chi connectivity index (χ1v) is 5.85. The molecule has 0 aromatic carbocycles. The highest BCUT2D eigenvalue weighted by Gasteiger charge is 2.47. The first-order valence-electron chi connectivity index (χ1n) is 4.77. The lowest BCUT2D eigenvalue weighted by Gasteiger charge is -2.38. The molecule has 8 heteroatoms.